The second-order valence-corrected chi connectivity index (χ2v) is 12.3. The quantitative estimate of drug-likeness (QED) is 0.0731. The van der Waals surface area contributed by atoms with Crippen LogP contribution in [-0.4, -0.2) is 45.0 Å². The minimum atomic E-state index is -0.680. The van der Waals surface area contributed by atoms with Crippen LogP contribution in [0.3, 0.4) is 0 Å². The molecule has 5 rings (SSSR count). The van der Waals surface area contributed by atoms with Gasteiger partial charge < -0.3 is 35.9 Å². The summed E-state index contributed by atoms with van der Waals surface area (Å²) < 4.78 is 16.4. The summed E-state index contributed by atoms with van der Waals surface area (Å²) in [5.41, 5.74) is 8.09. The number of carbonyl (C=O) groups is 4. The second-order valence-electron chi connectivity index (χ2n) is 11.1. The van der Waals surface area contributed by atoms with E-state index in [-0.39, 0.29) is 11.6 Å². The number of amides is 4. The van der Waals surface area contributed by atoms with Crippen LogP contribution in [0.25, 0.3) is 6.08 Å². The highest BCUT2D eigenvalue weighted by molar-refractivity contribution is 8.00. The summed E-state index contributed by atoms with van der Waals surface area (Å²) in [4.78, 5) is 53.0. The van der Waals surface area contributed by atoms with Gasteiger partial charge in [-0.1, -0.05) is 54.6 Å². The van der Waals surface area contributed by atoms with Gasteiger partial charge in [0.1, 0.15) is 16.7 Å². The predicted molar refractivity (Wildman–Crippen MR) is 202 cm³/mol. The van der Waals surface area contributed by atoms with Gasteiger partial charge in [0.05, 0.1) is 21.3 Å². The predicted octanol–water partition coefficient (Wildman–Crippen LogP) is 6.69. The Kier molecular flexibility index (Phi) is 12.3. The SMILES string of the molecule is COc1cc(OC)c(OC)cc1/C=C(/NC(=O)c1ccccc1)C(=O)Nc1cccc(SC(C(=O)Nc2ccc(C(N)=O)cc2)c2ccccc2)c1. The van der Waals surface area contributed by atoms with E-state index >= 15 is 0 Å². The van der Waals surface area contributed by atoms with Crippen LogP contribution in [0.4, 0.5) is 11.4 Å². The van der Waals surface area contributed by atoms with Gasteiger partial charge in [0, 0.05) is 39.0 Å². The van der Waals surface area contributed by atoms with E-state index in [1.54, 1.807) is 84.9 Å². The molecule has 12 heteroatoms. The lowest BCUT2D eigenvalue weighted by atomic mass is 10.1. The summed E-state index contributed by atoms with van der Waals surface area (Å²) >= 11 is 1.29. The zero-order valence-corrected chi connectivity index (χ0v) is 29.4. The minimum absolute atomic E-state index is 0.0682. The number of hydrogen-bond acceptors (Lipinski definition) is 8. The molecule has 4 amide bonds. The Morgan fingerprint density at radius 3 is 1.92 bits per heavy atom. The highest BCUT2D eigenvalue weighted by atomic mass is 32.2. The minimum Gasteiger partial charge on any atom is -0.496 e. The topological polar surface area (TPSA) is 158 Å². The average molecular weight is 717 g/mol. The maximum Gasteiger partial charge on any atom is 0.272 e. The van der Waals surface area contributed by atoms with E-state index in [1.165, 1.54) is 39.2 Å². The van der Waals surface area contributed by atoms with E-state index < -0.39 is 23.0 Å². The molecule has 0 aliphatic carbocycles. The van der Waals surface area contributed by atoms with E-state index in [0.717, 1.165) is 5.56 Å². The first-order valence-corrected chi connectivity index (χ1v) is 16.8. The number of thioether (sulfide) groups is 1. The smallest absolute Gasteiger partial charge is 0.272 e. The Morgan fingerprint density at radius 2 is 1.29 bits per heavy atom. The van der Waals surface area contributed by atoms with Gasteiger partial charge in [-0.15, -0.1) is 11.8 Å². The van der Waals surface area contributed by atoms with Crippen molar-refractivity contribution in [2.45, 2.75) is 10.1 Å². The molecule has 11 nitrogen and oxygen atoms in total. The number of hydrogen-bond donors (Lipinski definition) is 4. The summed E-state index contributed by atoms with van der Waals surface area (Å²) in [6, 6.07) is 34.4. The van der Waals surface area contributed by atoms with Crippen molar-refractivity contribution in [1.29, 1.82) is 0 Å². The summed E-state index contributed by atoms with van der Waals surface area (Å²) in [5, 5.41) is 7.84. The first-order valence-electron chi connectivity index (χ1n) is 15.9. The van der Waals surface area contributed by atoms with Crippen LogP contribution in [0.2, 0.25) is 0 Å². The van der Waals surface area contributed by atoms with Crippen molar-refractivity contribution in [3.05, 3.63) is 149 Å². The lowest BCUT2D eigenvalue weighted by Gasteiger charge is -2.18. The monoisotopic (exact) mass is 716 g/mol. The lowest BCUT2D eigenvalue weighted by molar-refractivity contribution is -0.116. The molecule has 0 bridgehead atoms. The van der Waals surface area contributed by atoms with E-state index in [0.29, 0.717) is 50.2 Å². The molecule has 1 unspecified atom stereocenters. The fourth-order valence-electron chi connectivity index (χ4n) is 5.07. The molecular weight excluding hydrogens is 681 g/mol. The third-order valence-electron chi connectivity index (χ3n) is 7.69. The van der Waals surface area contributed by atoms with Gasteiger partial charge in [0.25, 0.3) is 11.8 Å². The summed E-state index contributed by atoms with van der Waals surface area (Å²) in [7, 11) is 4.47. The number of carbonyl (C=O) groups excluding carboxylic acids is 4. The Morgan fingerprint density at radius 1 is 0.654 bits per heavy atom. The van der Waals surface area contributed by atoms with Gasteiger partial charge in [0.15, 0.2) is 11.5 Å². The number of methoxy groups -OCH3 is 3. The van der Waals surface area contributed by atoms with Crippen molar-refractivity contribution in [3.63, 3.8) is 0 Å². The van der Waals surface area contributed by atoms with Crippen LogP contribution in [0.5, 0.6) is 17.2 Å². The first kappa shape index (κ1) is 36.7. The largest absolute Gasteiger partial charge is 0.496 e. The Bertz CT molecular complexity index is 2090. The normalized spacial score (nSPS) is 11.5. The standard InChI is InChI=1S/C40H36N4O7S/c1-49-33-24-35(51-3)34(50-2)22-28(33)21-32(44-38(46)27-13-8-5-9-14-27)39(47)43-30-15-10-16-31(23-30)52-36(25-11-6-4-7-12-25)40(48)42-29-19-17-26(18-20-29)37(41)45/h4-24,36H,1-3H3,(H2,41,45)(H,42,48)(H,43,47)(H,44,46)/b32-21+. The van der Waals surface area contributed by atoms with E-state index in [9.17, 15) is 19.2 Å². The Labute approximate surface area is 305 Å². The maximum atomic E-state index is 13.9. The molecule has 5 aromatic rings. The fourth-order valence-corrected chi connectivity index (χ4v) is 6.16. The van der Waals surface area contributed by atoms with Gasteiger partial charge in [-0.3, -0.25) is 19.2 Å². The molecule has 0 heterocycles. The summed E-state index contributed by atoms with van der Waals surface area (Å²) in [6.07, 6.45) is 1.49. The Balaban J connectivity index is 1.42. The molecule has 0 saturated carbocycles. The van der Waals surface area contributed by atoms with E-state index in [4.69, 9.17) is 19.9 Å². The fraction of sp³-hybridized carbons (Fsp3) is 0.100. The van der Waals surface area contributed by atoms with Crippen molar-refractivity contribution in [2.24, 2.45) is 5.73 Å². The van der Waals surface area contributed by atoms with Crippen LogP contribution >= 0.6 is 11.8 Å². The third kappa shape index (κ3) is 9.37. The van der Waals surface area contributed by atoms with Crippen LogP contribution in [0.1, 0.15) is 37.1 Å². The number of primary amides is 1. The van der Waals surface area contributed by atoms with Gasteiger partial charge in [-0.05, 0) is 72.3 Å². The molecule has 52 heavy (non-hydrogen) atoms. The highest BCUT2D eigenvalue weighted by Crippen LogP contribution is 2.38. The first-order chi connectivity index (χ1) is 25.2. The molecule has 0 spiro atoms. The zero-order valence-electron chi connectivity index (χ0n) is 28.5. The third-order valence-corrected chi connectivity index (χ3v) is 8.94. The summed E-state index contributed by atoms with van der Waals surface area (Å²) in [5.74, 6) is -0.766. The Hall–Kier alpha value is -6.53. The van der Waals surface area contributed by atoms with Crippen molar-refractivity contribution < 1.29 is 33.4 Å². The van der Waals surface area contributed by atoms with Crippen LogP contribution in [0, 0.1) is 0 Å². The van der Waals surface area contributed by atoms with Crippen LogP contribution < -0.4 is 35.9 Å². The molecule has 0 aliphatic heterocycles. The number of benzene rings is 5. The second kappa shape index (κ2) is 17.4. The molecule has 0 saturated heterocycles. The van der Waals surface area contributed by atoms with Gasteiger partial charge in [-0.2, -0.15) is 0 Å². The van der Waals surface area contributed by atoms with Gasteiger partial charge in [-0.25, -0.2) is 0 Å². The average Bonchev–Trinajstić information content (AvgIpc) is 3.17. The molecule has 0 fully saturated rings. The number of ether oxygens (including phenoxy) is 3. The molecule has 5 aromatic carbocycles. The van der Waals surface area contributed by atoms with Crippen LogP contribution in [-0.2, 0) is 9.59 Å². The summed E-state index contributed by atoms with van der Waals surface area (Å²) in [6.45, 7) is 0. The number of rotatable bonds is 14. The van der Waals surface area contributed by atoms with Gasteiger partial charge >= 0.3 is 0 Å². The molecular formula is C40H36N4O7S. The molecule has 0 radical (unpaired) electrons. The van der Waals surface area contributed by atoms with E-state index in [1.807, 2.05) is 36.4 Å². The number of nitrogens with one attached hydrogen (secondary N) is 3. The molecule has 5 N–H and O–H groups in total. The molecule has 1 atom stereocenters. The van der Waals surface area contributed by atoms with Crippen molar-refractivity contribution in [2.75, 3.05) is 32.0 Å². The van der Waals surface area contributed by atoms with Crippen molar-refractivity contribution in [3.8, 4) is 17.2 Å². The molecule has 264 valence electrons. The maximum absolute atomic E-state index is 13.9. The van der Waals surface area contributed by atoms with Crippen LogP contribution in [0.15, 0.2) is 132 Å². The van der Waals surface area contributed by atoms with Crippen molar-refractivity contribution in [1.82, 2.24) is 5.32 Å². The van der Waals surface area contributed by atoms with Gasteiger partial charge in [0.2, 0.25) is 11.8 Å². The molecule has 0 aliphatic rings. The zero-order chi connectivity index (χ0) is 37.0. The number of nitrogens with two attached hydrogens (primary N) is 1. The lowest BCUT2D eigenvalue weighted by Crippen LogP contribution is -2.30. The highest BCUT2D eigenvalue weighted by Gasteiger charge is 2.23. The van der Waals surface area contributed by atoms with Crippen molar-refractivity contribution >= 4 is 52.8 Å². The van der Waals surface area contributed by atoms with E-state index in [2.05, 4.69) is 16.0 Å². The number of anilines is 2. The molecule has 0 aromatic heterocycles.